The lowest BCUT2D eigenvalue weighted by molar-refractivity contribution is -0.137. The van der Waals surface area contributed by atoms with Gasteiger partial charge in [-0.15, -0.1) is 10.2 Å². The molecule has 0 spiro atoms. The molecule has 7 nitrogen and oxygen atoms in total. The molecule has 0 bridgehead atoms. The van der Waals surface area contributed by atoms with Gasteiger partial charge in [0.15, 0.2) is 0 Å². The SMILES string of the molecule is N#Cc1ccc(NC(=O)Cn2nnc(-c3cccc(C(F)(F)F)c3)n2)cc1Cl. The van der Waals surface area contributed by atoms with E-state index in [1.807, 2.05) is 6.07 Å². The number of hydrogen-bond acceptors (Lipinski definition) is 5. The summed E-state index contributed by atoms with van der Waals surface area (Å²) in [7, 11) is 0. The molecule has 2 aromatic carbocycles. The molecular formula is C17H10ClF3N6O. The van der Waals surface area contributed by atoms with E-state index in [1.54, 1.807) is 0 Å². The molecular weight excluding hydrogens is 397 g/mol. The van der Waals surface area contributed by atoms with Gasteiger partial charge in [-0.25, -0.2) is 0 Å². The second-order valence-electron chi connectivity index (χ2n) is 5.58. The lowest BCUT2D eigenvalue weighted by atomic mass is 10.1. The summed E-state index contributed by atoms with van der Waals surface area (Å²) in [6, 6.07) is 10.8. The van der Waals surface area contributed by atoms with Gasteiger partial charge in [0.2, 0.25) is 11.7 Å². The molecule has 0 saturated carbocycles. The summed E-state index contributed by atoms with van der Waals surface area (Å²) in [5, 5.41) is 22.9. The summed E-state index contributed by atoms with van der Waals surface area (Å²) in [5.41, 5.74) is -0.0762. The second kappa shape index (κ2) is 7.66. The van der Waals surface area contributed by atoms with E-state index in [-0.39, 0.29) is 28.5 Å². The fourth-order valence-electron chi connectivity index (χ4n) is 2.27. The van der Waals surface area contributed by atoms with Crippen molar-refractivity contribution in [1.29, 1.82) is 5.26 Å². The lowest BCUT2D eigenvalue weighted by Crippen LogP contribution is -2.20. The Labute approximate surface area is 161 Å². The number of hydrogen-bond donors (Lipinski definition) is 1. The van der Waals surface area contributed by atoms with Gasteiger partial charge in [-0.05, 0) is 35.5 Å². The number of alkyl halides is 3. The fraction of sp³-hybridized carbons (Fsp3) is 0.118. The van der Waals surface area contributed by atoms with Crippen LogP contribution in [0, 0.1) is 11.3 Å². The number of nitrogens with zero attached hydrogens (tertiary/aromatic N) is 5. The van der Waals surface area contributed by atoms with E-state index in [9.17, 15) is 18.0 Å². The number of aromatic nitrogens is 4. The predicted molar refractivity (Wildman–Crippen MR) is 93.1 cm³/mol. The second-order valence-corrected chi connectivity index (χ2v) is 5.98. The van der Waals surface area contributed by atoms with Crippen molar-refractivity contribution >= 4 is 23.2 Å². The molecule has 3 aromatic rings. The number of anilines is 1. The first-order valence-electron chi connectivity index (χ1n) is 7.71. The molecule has 0 aliphatic carbocycles. The van der Waals surface area contributed by atoms with Gasteiger partial charge < -0.3 is 5.32 Å². The van der Waals surface area contributed by atoms with Gasteiger partial charge in [0.1, 0.15) is 12.6 Å². The first-order chi connectivity index (χ1) is 13.3. The molecule has 0 unspecified atom stereocenters. The van der Waals surface area contributed by atoms with Gasteiger partial charge in [0.05, 0.1) is 16.1 Å². The summed E-state index contributed by atoms with van der Waals surface area (Å²) in [5.74, 6) is -0.547. The zero-order valence-electron chi connectivity index (χ0n) is 13.9. The topological polar surface area (TPSA) is 96.5 Å². The molecule has 0 saturated heterocycles. The smallest absolute Gasteiger partial charge is 0.324 e. The van der Waals surface area contributed by atoms with Gasteiger partial charge in [0.25, 0.3) is 0 Å². The van der Waals surface area contributed by atoms with Gasteiger partial charge in [-0.1, -0.05) is 23.7 Å². The molecule has 0 aliphatic rings. The Morgan fingerprint density at radius 2 is 2.04 bits per heavy atom. The van der Waals surface area contributed by atoms with Crippen LogP contribution < -0.4 is 5.32 Å². The summed E-state index contributed by atoms with van der Waals surface area (Å²) in [6.45, 7) is -0.316. The van der Waals surface area contributed by atoms with Crippen molar-refractivity contribution in [1.82, 2.24) is 20.2 Å². The molecule has 1 heterocycles. The van der Waals surface area contributed by atoms with Crippen molar-refractivity contribution in [2.75, 3.05) is 5.32 Å². The van der Waals surface area contributed by atoms with Crippen LogP contribution in [0.3, 0.4) is 0 Å². The Morgan fingerprint density at radius 3 is 2.71 bits per heavy atom. The monoisotopic (exact) mass is 406 g/mol. The number of carbonyl (C=O) groups is 1. The van der Waals surface area contributed by atoms with Crippen molar-refractivity contribution in [3.63, 3.8) is 0 Å². The summed E-state index contributed by atoms with van der Waals surface area (Å²) in [6.07, 6.45) is -4.49. The fourth-order valence-corrected chi connectivity index (χ4v) is 2.50. The van der Waals surface area contributed by atoms with Crippen LogP contribution in [0.2, 0.25) is 5.02 Å². The maximum Gasteiger partial charge on any atom is 0.416 e. The van der Waals surface area contributed by atoms with E-state index in [4.69, 9.17) is 16.9 Å². The minimum Gasteiger partial charge on any atom is -0.324 e. The lowest BCUT2D eigenvalue weighted by Gasteiger charge is -2.06. The summed E-state index contributed by atoms with van der Waals surface area (Å²) >= 11 is 5.90. The maximum atomic E-state index is 12.8. The van der Waals surface area contributed by atoms with Crippen LogP contribution in [-0.4, -0.2) is 26.1 Å². The van der Waals surface area contributed by atoms with Crippen molar-refractivity contribution in [2.45, 2.75) is 12.7 Å². The highest BCUT2D eigenvalue weighted by molar-refractivity contribution is 6.32. The van der Waals surface area contributed by atoms with Crippen molar-refractivity contribution in [2.24, 2.45) is 0 Å². The molecule has 11 heteroatoms. The Morgan fingerprint density at radius 1 is 1.25 bits per heavy atom. The van der Waals surface area contributed by atoms with E-state index in [0.29, 0.717) is 5.69 Å². The third-order valence-electron chi connectivity index (χ3n) is 3.56. The van der Waals surface area contributed by atoms with E-state index in [0.717, 1.165) is 16.9 Å². The minimum atomic E-state index is -4.49. The number of carbonyl (C=O) groups excluding carboxylic acids is 1. The standard InChI is InChI=1S/C17H10ClF3N6O/c18-14-7-13(5-4-11(14)8-22)23-15(28)9-27-25-16(24-26-27)10-2-1-3-12(6-10)17(19,20)21/h1-7H,9H2,(H,23,28). The van der Waals surface area contributed by atoms with Crippen molar-refractivity contribution in [3.05, 3.63) is 58.6 Å². The summed E-state index contributed by atoms with van der Waals surface area (Å²) in [4.78, 5) is 13.0. The molecule has 0 atom stereocenters. The number of nitriles is 1. The summed E-state index contributed by atoms with van der Waals surface area (Å²) < 4.78 is 38.4. The van der Waals surface area contributed by atoms with Gasteiger partial charge >= 0.3 is 6.18 Å². The Hall–Kier alpha value is -3.45. The molecule has 142 valence electrons. The first-order valence-corrected chi connectivity index (χ1v) is 8.09. The third kappa shape index (κ3) is 4.44. The quantitative estimate of drug-likeness (QED) is 0.715. The largest absolute Gasteiger partial charge is 0.416 e. The number of rotatable bonds is 4. The van der Waals surface area contributed by atoms with Crippen LogP contribution in [0.15, 0.2) is 42.5 Å². The molecule has 1 aromatic heterocycles. The highest BCUT2D eigenvalue weighted by Gasteiger charge is 2.30. The Balaban J connectivity index is 1.70. The number of amides is 1. The van der Waals surface area contributed by atoms with Crippen LogP contribution in [-0.2, 0) is 17.5 Å². The minimum absolute atomic E-state index is 0.0414. The number of tetrazole rings is 1. The number of nitrogens with one attached hydrogen (secondary N) is 1. The highest BCUT2D eigenvalue weighted by Crippen LogP contribution is 2.31. The normalized spacial score (nSPS) is 11.1. The Bertz CT molecular complexity index is 1070. The average Bonchev–Trinajstić information content (AvgIpc) is 3.09. The molecule has 0 radical (unpaired) electrons. The van der Waals surface area contributed by atoms with E-state index < -0.39 is 17.6 Å². The van der Waals surface area contributed by atoms with Crippen molar-refractivity contribution in [3.8, 4) is 17.5 Å². The third-order valence-corrected chi connectivity index (χ3v) is 3.87. The Kier molecular flexibility index (Phi) is 5.28. The predicted octanol–water partition coefficient (Wildman–Crippen LogP) is 3.52. The van der Waals surface area contributed by atoms with Crippen molar-refractivity contribution < 1.29 is 18.0 Å². The molecule has 3 rings (SSSR count). The van der Waals surface area contributed by atoms with Crippen LogP contribution in [0.25, 0.3) is 11.4 Å². The van der Waals surface area contributed by atoms with Gasteiger partial charge in [-0.2, -0.15) is 23.2 Å². The molecule has 1 N–H and O–H groups in total. The van der Waals surface area contributed by atoms with Crippen LogP contribution >= 0.6 is 11.6 Å². The first kappa shape index (κ1) is 19.3. The molecule has 1 amide bonds. The molecule has 0 aliphatic heterocycles. The van der Waals surface area contributed by atoms with Gasteiger partial charge in [0, 0.05) is 11.3 Å². The van der Waals surface area contributed by atoms with Crippen LogP contribution in [0.1, 0.15) is 11.1 Å². The van der Waals surface area contributed by atoms with E-state index in [2.05, 4.69) is 20.7 Å². The van der Waals surface area contributed by atoms with E-state index >= 15 is 0 Å². The zero-order chi connectivity index (χ0) is 20.3. The number of benzene rings is 2. The van der Waals surface area contributed by atoms with Gasteiger partial charge in [-0.3, -0.25) is 4.79 Å². The highest BCUT2D eigenvalue weighted by atomic mass is 35.5. The maximum absolute atomic E-state index is 12.8. The van der Waals surface area contributed by atoms with Crippen LogP contribution in [0.4, 0.5) is 18.9 Å². The van der Waals surface area contributed by atoms with E-state index in [1.165, 1.54) is 30.3 Å². The average molecular weight is 407 g/mol. The number of halogens is 4. The zero-order valence-corrected chi connectivity index (χ0v) is 14.7. The molecule has 0 fully saturated rings. The van der Waals surface area contributed by atoms with Crippen LogP contribution in [0.5, 0.6) is 0 Å². The molecule has 28 heavy (non-hydrogen) atoms.